The van der Waals surface area contributed by atoms with E-state index in [4.69, 9.17) is 5.11 Å². The van der Waals surface area contributed by atoms with Gasteiger partial charge < -0.3 is 10.2 Å². The lowest BCUT2D eigenvalue weighted by atomic mass is 10.2. The molecule has 0 saturated carbocycles. The van der Waals surface area contributed by atoms with Gasteiger partial charge in [-0.1, -0.05) is 6.07 Å². The molecular weight excluding hydrogens is 279 g/mol. The molecule has 2 N–H and O–H groups in total. The van der Waals surface area contributed by atoms with Gasteiger partial charge in [0.2, 0.25) is 0 Å². The van der Waals surface area contributed by atoms with Gasteiger partial charge in [0.25, 0.3) is 5.91 Å². The average Bonchev–Trinajstić information content (AvgIpc) is 2.13. The van der Waals surface area contributed by atoms with E-state index < -0.39 is 38.5 Å². The number of sulfonamides is 1. The predicted octanol–water partition coefficient (Wildman–Crippen LogP) is 0.0452. The van der Waals surface area contributed by atoms with Gasteiger partial charge in [0.15, 0.2) is 0 Å². The first-order chi connectivity index (χ1) is 8.03. The molecule has 6 nitrogen and oxygen atoms in total. The maximum atomic E-state index is 12.0. The van der Waals surface area contributed by atoms with Crippen LogP contribution in [0, 0.1) is 0 Å². The van der Waals surface area contributed by atoms with Crippen molar-refractivity contribution in [3.63, 3.8) is 0 Å². The molecule has 0 aromatic heterocycles. The molecule has 0 saturated heterocycles. The molecule has 1 rings (SSSR count). The van der Waals surface area contributed by atoms with E-state index in [0.717, 1.165) is 4.72 Å². The Morgan fingerprint density at radius 2 is 1.83 bits per heavy atom. The Morgan fingerprint density at radius 1 is 1.28 bits per heavy atom. The van der Waals surface area contributed by atoms with Crippen LogP contribution in [0.1, 0.15) is 10.4 Å². The zero-order valence-electron chi connectivity index (χ0n) is 8.35. The van der Waals surface area contributed by atoms with Crippen LogP contribution in [-0.2, 0) is 10.0 Å². The second-order valence-electron chi connectivity index (χ2n) is 3.10. The first-order valence-electron chi connectivity index (χ1n) is 4.17. The molecule has 10 heteroatoms. The lowest BCUT2D eigenvalue weighted by molar-refractivity contribution is -0.268. The highest BCUT2D eigenvalue weighted by Gasteiger charge is 2.47. The summed E-state index contributed by atoms with van der Waals surface area (Å²) >= 11 is 0. The van der Waals surface area contributed by atoms with Crippen LogP contribution >= 0.6 is 0 Å². The van der Waals surface area contributed by atoms with E-state index in [1.54, 1.807) is 0 Å². The predicted molar refractivity (Wildman–Crippen MR) is 50.0 cm³/mol. The second-order valence-corrected chi connectivity index (χ2v) is 4.77. The fourth-order valence-corrected chi connectivity index (χ4v) is 1.43. The maximum absolute atomic E-state index is 12.0. The van der Waals surface area contributed by atoms with Gasteiger partial charge >= 0.3 is 15.5 Å². The number of alkyl halides is 3. The lowest BCUT2D eigenvalue weighted by Gasteiger charge is -2.11. The molecule has 1 aromatic carbocycles. The van der Waals surface area contributed by atoms with Crippen LogP contribution in [0.3, 0.4) is 0 Å². The number of carbonyl (C=O) groups excluding carboxylic acids is 1. The van der Waals surface area contributed by atoms with Gasteiger partial charge in [-0.15, -0.1) is 5.75 Å². The van der Waals surface area contributed by atoms with Crippen molar-refractivity contribution >= 4 is 15.9 Å². The van der Waals surface area contributed by atoms with E-state index in [-0.39, 0.29) is 0 Å². The van der Waals surface area contributed by atoms with Gasteiger partial charge in [-0.25, -0.2) is 4.72 Å². The number of phenolic OH excluding ortho intramolecular Hbond substituents is 1. The summed E-state index contributed by atoms with van der Waals surface area (Å²) in [6.45, 7) is 0. The highest BCUT2D eigenvalue weighted by molar-refractivity contribution is 7.90. The summed E-state index contributed by atoms with van der Waals surface area (Å²) in [6, 6.07) is 1.94. The molecule has 0 unspecified atom stereocenters. The van der Waals surface area contributed by atoms with Crippen molar-refractivity contribution in [1.29, 1.82) is 0 Å². The van der Waals surface area contributed by atoms with Crippen LogP contribution in [0.2, 0.25) is 0 Å². The minimum Gasteiger partial charge on any atom is -0.872 e. The Hall–Kier alpha value is -1.97. The van der Waals surface area contributed by atoms with Crippen molar-refractivity contribution in [3.05, 3.63) is 23.8 Å². The monoisotopic (exact) mass is 284 g/mol. The van der Waals surface area contributed by atoms with E-state index in [2.05, 4.69) is 0 Å². The Kier molecular flexibility index (Phi) is 3.42. The molecule has 0 atom stereocenters. The Balaban J connectivity index is 3.04. The number of halogens is 3. The molecule has 0 fully saturated rings. The van der Waals surface area contributed by atoms with E-state index in [9.17, 15) is 31.5 Å². The molecule has 0 spiro atoms. The Labute approximate surface area is 98.7 Å². The number of hydrogen-bond acceptors (Lipinski definition) is 5. The first kappa shape index (κ1) is 14.1. The second kappa shape index (κ2) is 4.37. The zero-order valence-corrected chi connectivity index (χ0v) is 9.17. The standard InChI is InChI=1S/C8H6F3NO5S/c9-8(10,11)18(16,17)12-7(15)4-1-5(13)3-6(14)2-4/h1-3,13-14H,(H,12,15)/p-1. The number of aromatic hydroxyl groups is 1. The average molecular weight is 284 g/mol. The summed E-state index contributed by atoms with van der Waals surface area (Å²) in [5.74, 6) is -3.19. The highest BCUT2D eigenvalue weighted by atomic mass is 32.2. The van der Waals surface area contributed by atoms with Crippen molar-refractivity contribution in [3.8, 4) is 11.5 Å². The molecule has 0 aliphatic rings. The molecule has 0 heterocycles. The normalized spacial score (nSPS) is 12.2. The van der Waals surface area contributed by atoms with E-state index >= 15 is 0 Å². The fourth-order valence-electron chi connectivity index (χ4n) is 0.953. The van der Waals surface area contributed by atoms with Crippen LogP contribution in [0.15, 0.2) is 18.2 Å². The minimum absolute atomic E-state index is 0.584. The topological polar surface area (TPSA) is 107 Å². The van der Waals surface area contributed by atoms with Gasteiger partial charge in [0, 0.05) is 5.56 Å². The number of rotatable bonds is 2. The van der Waals surface area contributed by atoms with Crippen LogP contribution in [0.25, 0.3) is 0 Å². The number of nitrogens with one attached hydrogen (secondary N) is 1. The molecule has 0 radical (unpaired) electrons. The Morgan fingerprint density at radius 3 is 2.28 bits per heavy atom. The van der Waals surface area contributed by atoms with Gasteiger partial charge in [-0.05, 0) is 12.1 Å². The van der Waals surface area contributed by atoms with Gasteiger partial charge in [-0.3, -0.25) is 4.79 Å². The summed E-state index contributed by atoms with van der Waals surface area (Å²) in [5, 5.41) is 19.8. The largest absolute Gasteiger partial charge is 0.872 e. The number of phenols is 1. The lowest BCUT2D eigenvalue weighted by Crippen LogP contribution is -2.40. The summed E-state index contributed by atoms with van der Waals surface area (Å²) in [4.78, 5) is 11.2. The molecule has 1 amide bonds. The summed E-state index contributed by atoms with van der Waals surface area (Å²) in [5.41, 5.74) is -6.35. The van der Waals surface area contributed by atoms with E-state index in [1.807, 2.05) is 0 Å². The van der Waals surface area contributed by atoms with E-state index in [0.29, 0.717) is 18.2 Å². The minimum atomic E-state index is -5.85. The fraction of sp³-hybridized carbons (Fsp3) is 0.125. The molecule has 0 aliphatic carbocycles. The smallest absolute Gasteiger partial charge is 0.516 e. The number of hydrogen-bond donors (Lipinski definition) is 2. The zero-order chi connectivity index (χ0) is 14.1. The maximum Gasteiger partial charge on any atom is 0.516 e. The van der Waals surface area contributed by atoms with Crippen molar-refractivity contribution in [2.45, 2.75) is 5.51 Å². The molecule has 1 aromatic rings. The van der Waals surface area contributed by atoms with Crippen LogP contribution < -0.4 is 9.83 Å². The molecule has 100 valence electrons. The first-order valence-corrected chi connectivity index (χ1v) is 5.66. The van der Waals surface area contributed by atoms with Crippen molar-refractivity contribution in [1.82, 2.24) is 4.72 Å². The third-order valence-corrected chi connectivity index (χ3v) is 2.75. The van der Waals surface area contributed by atoms with Crippen molar-refractivity contribution in [2.75, 3.05) is 0 Å². The SMILES string of the molecule is O=C(NS(=O)(=O)C(F)(F)F)c1cc([O-])cc(O)c1. The van der Waals surface area contributed by atoms with Gasteiger partial charge in [0.1, 0.15) is 5.75 Å². The third kappa shape index (κ3) is 3.03. The van der Waals surface area contributed by atoms with Crippen molar-refractivity contribution in [2.24, 2.45) is 0 Å². The number of amides is 1. The molecule has 0 bridgehead atoms. The van der Waals surface area contributed by atoms with Gasteiger partial charge in [0.05, 0.1) is 0 Å². The molecule has 0 aliphatic heterocycles. The third-order valence-electron chi connectivity index (χ3n) is 1.69. The van der Waals surface area contributed by atoms with Crippen molar-refractivity contribution < 1.29 is 36.6 Å². The van der Waals surface area contributed by atoms with Crippen LogP contribution in [-0.4, -0.2) is 24.9 Å². The number of benzene rings is 1. The quantitative estimate of drug-likeness (QED) is 0.797. The highest BCUT2D eigenvalue weighted by Crippen LogP contribution is 2.23. The molecular formula is C8H5F3NO5S-. The summed E-state index contributed by atoms with van der Waals surface area (Å²) in [6.07, 6.45) is 0. The number of carbonyl (C=O) groups is 1. The van der Waals surface area contributed by atoms with Crippen LogP contribution in [0.5, 0.6) is 11.5 Å². The summed E-state index contributed by atoms with van der Waals surface area (Å²) < 4.78 is 57.8. The Bertz CT molecular complexity index is 561. The van der Waals surface area contributed by atoms with Crippen LogP contribution in [0.4, 0.5) is 13.2 Å². The molecule has 18 heavy (non-hydrogen) atoms. The van der Waals surface area contributed by atoms with Gasteiger partial charge in [-0.2, -0.15) is 21.6 Å². The summed E-state index contributed by atoms with van der Waals surface area (Å²) in [7, 11) is -5.85. The van der Waals surface area contributed by atoms with E-state index in [1.165, 1.54) is 0 Å².